The van der Waals surface area contributed by atoms with E-state index in [1.165, 1.54) is 16.7 Å². The number of morpholine rings is 1. The lowest BCUT2D eigenvalue weighted by Crippen LogP contribution is -2.36. The van der Waals surface area contributed by atoms with Crippen LogP contribution >= 0.6 is 0 Å². The van der Waals surface area contributed by atoms with E-state index in [1.807, 2.05) is 0 Å². The summed E-state index contributed by atoms with van der Waals surface area (Å²) < 4.78 is 11.1. The molecule has 1 aliphatic heterocycles. The molecule has 1 heterocycles. The minimum atomic E-state index is 0.452. The van der Waals surface area contributed by atoms with E-state index in [9.17, 15) is 0 Å². The molecule has 0 aliphatic carbocycles. The van der Waals surface area contributed by atoms with Crippen molar-refractivity contribution in [2.45, 2.75) is 20.8 Å². The van der Waals surface area contributed by atoms with Gasteiger partial charge in [-0.2, -0.15) is 0 Å². The Bertz CT molecular complexity index is 508. The van der Waals surface area contributed by atoms with Crippen molar-refractivity contribution in [1.82, 2.24) is 4.90 Å². The summed E-state index contributed by atoms with van der Waals surface area (Å²) in [5.41, 5.74) is 3.69. The van der Waals surface area contributed by atoms with E-state index in [2.05, 4.69) is 49.6 Å². The predicted octanol–water partition coefficient (Wildman–Crippen LogP) is 2.33. The second-order valence-electron chi connectivity index (χ2n) is 5.24. The summed E-state index contributed by atoms with van der Waals surface area (Å²) in [7, 11) is 0. The Hall–Kier alpha value is -1.50. The Morgan fingerprint density at radius 3 is 2.65 bits per heavy atom. The summed E-state index contributed by atoms with van der Waals surface area (Å²) in [6.45, 7) is 11.1. The van der Waals surface area contributed by atoms with Crippen LogP contribution in [0.2, 0.25) is 0 Å². The van der Waals surface area contributed by atoms with Crippen LogP contribution in [0.3, 0.4) is 0 Å². The topological polar surface area (TPSA) is 21.7 Å². The third kappa shape index (κ3) is 4.26. The third-order valence-electron chi connectivity index (χ3n) is 3.60. The van der Waals surface area contributed by atoms with Gasteiger partial charge in [-0.3, -0.25) is 4.90 Å². The largest absolute Gasteiger partial charge is 0.481 e. The Morgan fingerprint density at radius 1 is 1.15 bits per heavy atom. The van der Waals surface area contributed by atoms with E-state index >= 15 is 0 Å². The van der Waals surface area contributed by atoms with Crippen LogP contribution in [0.1, 0.15) is 16.7 Å². The highest BCUT2D eigenvalue weighted by Crippen LogP contribution is 2.22. The molecule has 2 rings (SSSR count). The summed E-state index contributed by atoms with van der Waals surface area (Å²) in [6, 6.07) is 4.25. The second-order valence-corrected chi connectivity index (χ2v) is 5.24. The lowest BCUT2D eigenvalue weighted by molar-refractivity contribution is 0.0443. The van der Waals surface area contributed by atoms with Crippen molar-refractivity contribution in [3.05, 3.63) is 28.8 Å². The van der Waals surface area contributed by atoms with Gasteiger partial charge in [0.15, 0.2) is 0 Å². The summed E-state index contributed by atoms with van der Waals surface area (Å²) in [4.78, 5) is 2.30. The highest BCUT2D eigenvalue weighted by molar-refractivity contribution is 5.42. The van der Waals surface area contributed by atoms with E-state index in [-0.39, 0.29) is 0 Å². The minimum Gasteiger partial charge on any atom is -0.481 e. The first-order valence-corrected chi connectivity index (χ1v) is 7.13. The fourth-order valence-electron chi connectivity index (χ4n) is 2.24. The van der Waals surface area contributed by atoms with E-state index in [0.717, 1.165) is 38.6 Å². The van der Waals surface area contributed by atoms with Crippen LogP contribution in [-0.4, -0.2) is 44.4 Å². The van der Waals surface area contributed by atoms with Gasteiger partial charge in [0.1, 0.15) is 12.4 Å². The average molecular weight is 273 g/mol. The Kier molecular flexibility index (Phi) is 5.46. The molecule has 0 amide bonds. The van der Waals surface area contributed by atoms with Gasteiger partial charge in [0.2, 0.25) is 0 Å². The molecule has 3 nitrogen and oxygen atoms in total. The molecule has 108 valence electrons. The maximum absolute atomic E-state index is 5.77. The van der Waals surface area contributed by atoms with Gasteiger partial charge in [0.05, 0.1) is 19.8 Å². The van der Waals surface area contributed by atoms with Crippen LogP contribution < -0.4 is 4.74 Å². The number of hydrogen-bond acceptors (Lipinski definition) is 3. The van der Waals surface area contributed by atoms with Crippen LogP contribution in [0.4, 0.5) is 0 Å². The lowest BCUT2D eigenvalue weighted by Gasteiger charge is -2.24. The molecule has 0 N–H and O–H groups in total. The fourth-order valence-corrected chi connectivity index (χ4v) is 2.24. The van der Waals surface area contributed by atoms with Crippen molar-refractivity contribution in [2.24, 2.45) is 0 Å². The molecule has 0 radical (unpaired) electrons. The van der Waals surface area contributed by atoms with Crippen molar-refractivity contribution in [1.29, 1.82) is 0 Å². The summed E-state index contributed by atoms with van der Waals surface area (Å²) >= 11 is 0. The highest BCUT2D eigenvalue weighted by atomic mass is 16.5. The third-order valence-corrected chi connectivity index (χ3v) is 3.60. The summed E-state index contributed by atoms with van der Waals surface area (Å²) in [5, 5.41) is 0. The molecular weight excluding hydrogens is 250 g/mol. The molecule has 20 heavy (non-hydrogen) atoms. The summed E-state index contributed by atoms with van der Waals surface area (Å²) in [5.74, 6) is 7.21. The number of aryl methyl sites for hydroxylation is 2. The van der Waals surface area contributed by atoms with Crippen LogP contribution in [0.5, 0.6) is 5.75 Å². The summed E-state index contributed by atoms with van der Waals surface area (Å²) in [6.07, 6.45) is 0. The first-order chi connectivity index (χ1) is 9.66. The van der Waals surface area contributed by atoms with Crippen molar-refractivity contribution < 1.29 is 9.47 Å². The molecular formula is C17H23NO2. The SMILES string of the molecule is Cc1cc(C)c(C)c(OCC#CCN2CCOCC2)c1. The Balaban J connectivity index is 1.81. The monoisotopic (exact) mass is 273 g/mol. The van der Waals surface area contributed by atoms with Crippen LogP contribution in [-0.2, 0) is 4.74 Å². The number of ether oxygens (including phenoxy) is 2. The molecule has 1 saturated heterocycles. The van der Waals surface area contributed by atoms with E-state index < -0.39 is 0 Å². The second kappa shape index (κ2) is 7.33. The standard InChI is InChI=1S/C17H23NO2/c1-14-12-15(2)16(3)17(13-14)20-9-5-4-6-18-7-10-19-11-8-18/h12-13H,6-11H2,1-3H3. The maximum atomic E-state index is 5.77. The zero-order valence-corrected chi connectivity index (χ0v) is 12.7. The number of rotatable bonds is 3. The van der Waals surface area contributed by atoms with Gasteiger partial charge in [0.25, 0.3) is 0 Å². The molecule has 0 saturated carbocycles. The fraction of sp³-hybridized carbons (Fsp3) is 0.529. The van der Waals surface area contributed by atoms with E-state index in [1.54, 1.807) is 0 Å². The Morgan fingerprint density at radius 2 is 1.90 bits per heavy atom. The number of hydrogen-bond donors (Lipinski definition) is 0. The van der Waals surface area contributed by atoms with Crippen LogP contribution in [0.25, 0.3) is 0 Å². The molecule has 3 heteroatoms. The van der Waals surface area contributed by atoms with Crippen LogP contribution in [0.15, 0.2) is 12.1 Å². The quantitative estimate of drug-likeness (QED) is 0.789. The van der Waals surface area contributed by atoms with Gasteiger partial charge in [0, 0.05) is 13.1 Å². The predicted molar refractivity (Wildman–Crippen MR) is 81.2 cm³/mol. The molecule has 0 aromatic heterocycles. The molecule has 1 aliphatic rings. The maximum Gasteiger partial charge on any atom is 0.149 e. The first kappa shape index (κ1) is 14.9. The van der Waals surface area contributed by atoms with Gasteiger partial charge in [-0.25, -0.2) is 0 Å². The number of nitrogens with zero attached hydrogens (tertiary/aromatic N) is 1. The van der Waals surface area contributed by atoms with E-state index in [0.29, 0.717) is 6.61 Å². The van der Waals surface area contributed by atoms with Gasteiger partial charge in [-0.15, -0.1) is 0 Å². The zero-order chi connectivity index (χ0) is 14.4. The molecule has 0 unspecified atom stereocenters. The molecule has 1 aromatic carbocycles. The normalized spacial score (nSPS) is 15.6. The minimum absolute atomic E-state index is 0.452. The van der Waals surface area contributed by atoms with Crippen LogP contribution in [0, 0.1) is 32.6 Å². The average Bonchev–Trinajstić information content (AvgIpc) is 2.44. The van der Waals surface area contributed by atoms with Gasteiger partial charge in [-0.05, 0) is 43.5 Å². The Labute approximate surface area is 121 Å². The zero-order valence-electron chi connectivity index (χ0n) is 12.7. The molecule has 0 bridgehead atoms. The highest BCUT2D eigenvalue weighted by Gasteiger charge is 2.07. The molecule has 0 atom stereocenters. The van der Waals surface area contributed by atoms with E-state index in [4.69, 9.17) is 9.47 Å². The molecule has 1 aromatic rings. The van der Waals surface area contributed by atoms with Crippen molar-refractivity contribution >= 4 is 0 Å². The van der Waals surface area contributed by atoms with Crippen molar-refractivity contribution in [2.75, 3.05) is 39.5 Å². The van der Waals surface area contributed by atoms with Crippen molar-refractivity contribution in [3.63, 3.8) is 0 Å². The van der Waals surface area contributed by atoms with Gasteiger partial charge in [-0.1, -0.05) is 17.9 Å². The van der Waals surface area contributed by atoms with Gasteiger partial charge < -0.3 is 9.47 Å². The van der Waals surface area contributed by atoms with Gasteiger partial charge >= 0.3 is 0 Å². The lowest BCUT2D eigenvalue weighted by atomic mass is 10.1. The molecule has 1 fully saturated rings. The number of benzene rings is 1. The smallest absolute Gasteiger partial charge is 0.149 e. The first-order valence-electron chi connectivity index (χ1n) is 7.13. The van der Waals surface area contributed by atoms with Crippen molar-refractivity contribution in [3.8, 4) is 17.6 Å². The molecule has 0 spiro atoms.